The first-order valence-corrected chi connectivity index (χ1v) is 4.58. The molecule has 78 valence electrons. The van der Waals surface area contributed by atoms with E-state index in [0.29, 0.717) is 6.54 Å². The van der Waals surface area contributed by atoms with E-state index < -0.39 is 12.7 Å². The summed E-state index contributed by atoms with van der Waals surface area (Å²) >= 11 is 0. The smallest absolute Gasteiger partial charge is 0.307 e. The largest absolute Gasteiger partial charge is 0.401 e. The lowest BCUT2D eigenvalue weighted by molar-refractivity contribution is -0.124. The number of nitrogens with one attached hydrogen (secondary N) is 1. The van der Waals surface area contributed by atoms with Crippen molar-refractivity contribution in [3.05, 3.63) is 0 Å². The molecule has 1 saturated heterocycles. The lowest BCUT2D eigenvalue weighted by atomic mass is 10.4. The third-order valence-corrected chi connectivity index (χ3v) is 2.13. The molecule has 13 heavy (non-hydrogen) atoms. The monoisotopic (exact) mass is 196 g/mol. The van der Waals surface area contributed by atoms with Gasteiger partial charge in [0.1, 0.15) is 0 Å². The highest BCUT2D eigenvalue weighted by molar-refractivity contribution is 4.67. The summed E-state index contributed by atoms with van der Waals surface area (Å²) in [5.41, 5.74) is 0. The minimum atomic E-state index is -4.08. The minimum absolute atomic E-state index is 0.430. The van der Waals surface area contributed by atoms with Crippen molar-refractivity contribution >= 4 is 0 Å². The topological polar surface area (TPSA) is 15.3 Å². The first-order chi connectivity index (χ1) is 6.08. The van der Waals surface area contributed by atoms with Gasteiger partial charge in [-0.2, -0.15) is 13.2 Å². The Kier molecular flexibility index (Phi) is 3.99. The van der Waals surface area contributed by atoms with Crippen molar-refractivity contribution in [3.8, 4) is 0 Å². The Labute approximate surface area is 76.1 Å². The average Bonchev–Trinajstić information content (AvgIpc) is 2.48. The maximum Gasteiger partial charge on any atom is 0.401 e. The Morgan fingerprint density at radius 3 is 2.31 bits per heavy atom. The molecular formula is C8H15F3N2. The molecule has 0 aromatic carbocycles. The Bertz CT molecular complexity index is 141. The summed E-state index contributed by atoms with van der Waals surface area (Å²) in [7, 11) is 0. The van der Waals surface area contributed by atoms with Crippen molar-refractivity contribution in [3.63, 3.8) is 0 Å². The number of hydrogen-bond acceptors (Lipinski definition) is 2. The van der Waals surface area contributed by atoms with Crippen LogP contribution in [0.1, 0.15) is 12.8 Å². The van der Waals surface area contributed by atoms with Gasteiger partial charge in [-0.3, -0.25) is 0 Å². The Hall–Kier alpha value is -0.290. The molecule has 0 aromatic heterocycles. The van der Waals surface area contributed by atoms with E-state index in [-0.39, 0.29) is 0 Å². The number of nitrogens with zero attached hydrogens (tertiary/aromatic N) is 1. The van der Waals surface area contributed by atoms with Crippen LogP contribution in [0.3, 0.4) is 0 Å². The molecular weight excluding hydrogens is 181 g/mol. The van der Waals surface area contributed by atoms with Gasteiger partial charge in [0.25, 0.3) is 0 Å². The summed E-state index contributed by atoms with van der Waals surface area (Å²) < 4.78 is 35.0. The molecule has 0 bridgehead atoms. The zero-order valence-corrected chi connectivity index (χ0v) is 7.53. The first kappa shape index (κ1) is 10.8. The van der Waals surface area contributed by atoms with Gasteiger partial charge in [-0.05, 0) is 25.9 Å². The molecule has 0 aromatic rings. The summed E-state index contributed by atoms with van der Waals surface area (Å²) in [6.45, 7) is 2.36. The number of halogens is 3. The van der Waals surface area contributed by atoms with Crippen LogP contribution in [-0.4, -0.2) is 43.8 Å². The molecule has 1 rings (SSSR count). The summed E-state index contributed by atoms with van der Waals surface area (Å²) in [4.78, 5) is 2.18. The molecule has 2 nitrogen and oxygen atoms in total. The molecule has 1 aliphatic heterocycles. The number of likely N-dealkylation sites (tertiary alicyclic amines) is 1. The second kappa shape index (κ2) is 4.81. The van der Waals surface area contributed by atoms with Crippen molar-refractivity contribution in [2.24, 2.45) is 0 Å². The van der Waals surface area contributed by atoms with Gasteiger partial charge < -0.3 is 10.2 Å². The molecule has 0 atom stereocenters. The normalized spacial score (nSPS) is 19.6. The average molecular weight is 196 g/mol. The highest BCUT2D eigenvalue weighted by Gasteiger charge is 2.26. The van der Waals surface area contributed by atoms with Crippen molar-refractivity contribution < 1.29 is 13.2 Å². The maximum atomic E-state index is 11.7. The van der Waals surface area contributed by atoms with E-state index in [0.717, 1.165) is 19.6 Å². The van der Waals surface area contributed by atoms with Gasteiger partial charge in [0.05, 0.1) is 6.54 Å². The van der Waals surface area contributed by atoms with Crippen molar-refractivity contribution in [2.45, 2.75) is 19.0 Å². The van der Waals surface area contributed by atoms with Crippen LogP contribution in [-0.2, 0) is 0 Å². The van der Waals surface area contributed by atoms with Crippen molar-refractivity contribution in [1.82, 2.24) is 10.2 Å². The van der Waals surface area contributed by atoms with E-state index in [1.165, 1.54) is 12.8 Å². The molecule has 0 saturated carbocycles. The highest BCUT2D eigenvalue weighted by atomic mass is 19.4. The third kappa shape index (κ3) is 5.10. The van der Waals surface area contributed by atoms with Crippen LogP contribution in [0.5, 0.6) is 0 Å². The summed E-state index contributed by atoms with van der Waals surface area (Å²) in [5, 5.41) is 2.39. The highest BCUT2D eigenvalue weighted by Crippen LogP contribution is 2.12. The van der Waals surface area contributed by atoms with Gasteiger partial charge in [-0.15, -0.1) is 0 Å². The molecule has 0 amide bonds. The van der Waals surface area contributed by atoms with E-state index in [4.69, 9.17) is 0 Å². The molecule has 0 spiro atoms. The fourth-order valence-corrected chi connectivity index (χ4v) is 1.47. The molecule has 0 radical (unpaired) electrons. The summed E-state index contributed by atoms with van der Waals surface area (Å²) in [6, 6.07) is 0. The molecule has 1 N–H and O–H groups in total. The van der Waals surface area contributed by atoms with Gasteiger partial charge in [0.15, 0.2) is 0 Å². The van der Waals surface area contributed by atoms with E-state index in [2.05, 4.69) is 10.2 Å². The van der Waals surface area contributed by atoms with Crippen LogP contribution in [0.4, 0.5) is 13.2 Å². The fraction of sp³-hybridized carbons (Fsp3) is 1.00. The second-order valence-electron chi connectivity index (χ2n) is 3.34. The van der Waals surface area contributed by atoms with Gasteiger partial charge >= 0.3 is 6.18 Å². The quantitative estimate of drug-likeness (QED) is 0.680. The number of hydrogen-bond donors (Lipinski definition) is 1. The second-order valence-corrected chi connectivity index (χ2v) is 3.34. The molecule has 0 unspecified atom stereocenters. The molecule has 5 heteroatoms. The summed E-state index contributed by atoms with van der Waals surface area (Å²) in [5.74, 6) is 0. The molecule has 0 aliphatic carbocycles. The van der Waals surface area contributed by atoms with Crippen LogP contribution in [0.2, 0.25) is 0 Å². The number of rotatable bonds is 4. The van der Waals surface area contributed by atoms with Crippen LogP contribution >= 0.6 is 0 Å². The van der Waals surface area contributed by atoms with Gasteiger partial charge in [0, 0.05) is 13.1 Å². The Balaban J connectivity index is 1.94. The van der Waals surface area contributed by atoms with Crippen LogP contribution in [0.15, 0.2) is 0 Å². The fourth-order valence-electron chi connectivity index (χ4n) is 1.47. The van der Waals surface area contributed by atoms with Crippen LogP contribution in [0, 0.1) is 0 Å². The first-order valence-electron chi connectivity index (χ1n) is 4.58. The maximum absolute atomic E-state index is 11.7. The van der Waals surface area contributed by atoms with Gasteiger partial charge in [-0.25, -0.2) is 0 Å². The zero-order valence-electron chi connectivity index (χ0n) is 7.53. The van der Waals surface area contributed by atoms with E-state index in [9.17, 15) is 13.2 Å². The molecule has 1 aliphatic rings. The van der Waals surface area contributed by atoms with Gasteiger partial charge in [-0.1, -0.05) is 0 Å². The standard InChI is InChI=1S/C8H15F3N2/c9-8(10,11)7-12-3-6-13-4-1-2-5-13/h12H,1-7H2. The van der Waals surface area contributed by atoms with E-state index in [1.807, 2.05) is 0 Å². The van der Waals surface area contributed by atoms with E-state index in [1.54, 1.807) is 0 Å². The molecule has 1 fully saturated rings. The summed E-state index contributed by atoms with van der Waals surface area (Å²) in [6.07, 6.45) is -1.72. The van der Waals surface area contributed by atoms with Crippen molar-refractivity contribution in [1.29, 1.82) is 0 Å². The third-order valence-electron chi connectivity index (χ3n) is 2.13. The zero-order chi connectivity index (χ0) is 9.73. The predicted molar refractivity (Wildman–Crippen MR) is 44.6 cm³/mol. The van der Waals surface area contributed by atoms with Gasteiger partial charge in [0.2, 0.25) is 0 Å². The Morgan fingerprint density at radius 1 is 1.15 bits per heavy atom. The van der Waals surface area contributed by atoms with Crippen molar-refractivity contribution in [2.75, 3.05) is 32.7 Å². The van der Waals surface area contributed by atoms with Crippen LogP contribution < -0.4 is 5.32 Å². The Morgan fingerprint density at radius 2 is 1.77 bits per heavy atom. The molecule has 1 heterocycles. The predicted octanol–water partition coefficient (Wildman–Crippen LogP) is 1.23. The SMILES string of the molecule is FC(F)(F)CNCCN1CCCC1. The lowest BCUT2D eigenvalue weighted by Gasteiger charge is -2.15. The number of alkyl halides is 3. The lowest BCUT2D eigenvalue weighted by Crippen LogP contribution is -2.35. The minimum Gasteiger partial charge on any atom is -0.307 e. The van der Waals surface area contributed by atoms with E-state index >= 15 is 0 Å². The van der Waals surface area contributed by atoms with Crippen LogP contribution in [0.25, 0.3) is 0 Å².